The molecule has 1 rings (SSSR count). The number of thiocarbonyl (C=S) groups is 1. The van der Waals surface area contributed by atoms with Gasteiger partial charge in [-0.2, -0.15) is 0 Å². The number of rotatable bonds is 3. The number of carbonyl (C=O) groups is 2. The lowest BCUT2D eigenvalue weighted by molar-refractivity contribution is -0.117. The van der Waals surface area contributed by atoms with Crippen LogP contribution in [-0.2, 0) is 11.2 Å². The van der Waals surface area contributed by atoms with Crippen molar-refractivity contribution < 1.29 is 14.7 Å². The molecule has 0 bridgehead atoms. The molecular formula is C10H10ClN3O3S. The van der Waals surface area contributed by atoms with Crippen molar-refractivity contribution in [1.82, 2.24) is 5.32 Å². The van der Waals surface area contributed by atoms with Crippen LogP contribution in [0, 0.1) is 0 Å². The average Bonchev–Trinajstić information content (AvgIpc) is 2.21. The van der Waals surface area contributed by atoms with Crippen molar-refractivity contribution in [2.75, 3.05) is 0 Å². The summed E-state index contributed by atoms with van der Waals surface area (Å²) in [6.45, 7) is 0. The SMILES string of the molecule is NC(=O)Cc1ccc(O)c(C(=S)NC(N)=O)c1Cl. The second-order valence-corrected chi connectivity index (χ2v) is 4.18. The summed E-state index contributed by atoms with van der Waals surface area (Å²) in [7, 11) is 0. The molecule has 0 unspecified atom stereocenters. The van der Waals surface area contributed by atoms with Crippen LogP contribution in [0.3, 0.4) is 0 Å². The molecular weight excluding hydrogens is 278 g/mol. The second-order valence-electron chi connectivity index (χ2n) is 3.39. The van der Waals surface area contributed by atoms with E-state index in [-0.39, 0.29) is 27.7 Å². The highest BCUT2D eigenvalue weighted by Gasteiger charge is 2.17. The van der Waals surface area contributed by atoms with Gasteiger partial charge in [0.2, 0.25) is 5.91 Å². The van der Waals surface area contributed by atoms with Crippen LogP contribution in [0.4, 0.5) is 4.79 Å². The van der Waals surface area contributed by atoms with Crippen LogP contribution < -0.4 is 16.8 Å². The summed E-state index contributed by atoms with van der Waals surface area (Å²) in [5.74, 6) is -0.811. The molecule has 0 saturated heterocycles. The van der Waals surface area contributed by atoms with E-state index in [2.05, 4.69) is 5.32 Å². The lowest BCUT2D eigenvalue weighted by Gasteiger charge is -2.11. The van der Waals surface area contributed by atoms with Gasteiger partial charge < -0.3 is 16.6 Å². The average molecular weight is 288 g/mol. The number of halogens is 1. The van der Waals surface area contributed by atoms with Crippen LogP contribution in [0.25, 0.3) is 0 Å². The Bertz CT molecular complexity index is 533. The van der Waals surface area contributed by atoms with Crippen molar-refractivity contribution in [3.63, 3.8) is 0 Å². The molecule has 96 valence electrons. The predicted molar refractivity (Wildman–Crippen MR) is 70.4 cm³/mol. The number of benzene rings is 1. The van der Waals surface area contributed by atoms with Crippen LogP contribution in [0.2, 0.25) is 5.02 Å². The molecule has 0 aliphatic heterocycles. The summed E-state index contributed by atoms with van der Waals surface area (Å²) >= 11 is 10.9. The molecule has 6 nitrogen and oxygen atoms in total. The molecule has 0 aliphatic carbocycles. The van der Waals surface area contributed by atoms with E-state index in [4.69, 9.17) is 35.3 Å². The Labute approximate surface area is 113 Å². The zero-order valence-corrected chi connectivity index (χ0v) is 10.6. The number of urea groups is 1. The molecule has 0 aliphatic rings. The summed E-state index contributed by atoms with van der Waals surface area (Å²) in [4.78, 5) is 21.4. The van der Waals surface area contributed by atoms with Crippen molar-refractivity contribution in [2.24, 2.45) is 11.5 Å². The predicted octanol–water partition coefficient (Wildman–Crippen LogP) is 0.417. The van der Waals surface area contributed by atoms with Gasteiger partial charge in [0.25, 0.3) is 0 Å². The van der Waals surface area contributed by atoms with Gasteiger partial charge >= 0.3 is 6.03 Å². The zero-order chi connectivity index (χ0) is 13.9. The lowest BCUT2D eigenvalue weighted by atomic mass is 10.1. The molecule has 8 heteroatoms. The van der Waals surface area contributed by atoms with E-state index in [9.17, 15) is 14.7 Å². The first kappa shape index (κ1) is 14.2. The first-order valence-corrected chi connectivity index (χ1v) is 5.51. The fourth-order valence-electron chi connectivity index (χ4n) is 1.32. The van der Waals surface area contributed by atoms with E-state index >= 15 is 0 Å². The van der Waals surface area contributed by atoms with E-state index in [1.807, 2.05) is 0 Å². The Morgan fingerprint density at radius 3 is 2.50 bits per heavy atom. The Hall–Kier alpha value is -1.86. The Morgan fingerprint density at radius 2 is 2.00 bits per heavy atom. The van der Waals surface area contributed by atoms with Gasteiger partial charge in [-0.05, 0) is 11.6 Å². The molecule has 0 saturated carbocycles. The number of hydrogen-bond donors (Lipinski definition) is 4. The standard InChI is InChI=1S/C10H10ClN3O3S/c11-8-4(3-6(12)16)1-2-5(15)7(8)9(18)14-10(13)17/h1-2,15H,3H2,(H2,12,16)(H3,13,14,17,18). The van der Waals surface area contributed by atoms with Crippen LogP contribution in [-0.4, -0.2) is 22.0 Å². The first-order chi connectivity index (χ1) is 8.32. The van der Waals surface area contributed by atoms with Gasteiger partial charge in [0, 0.05) is 0 Å². The van der Waals surface area contributed by atoms with E-state index in [0.29, 0.717) is 5.56 Å². The van der Waals surface area contributed by atoms with E-state index in [1.165, 1.54) is 12.1 Å². The summed E-state index contributed by atoms with van der Waals surface area (Å²) in [5.41, 5.74) is 10.4. The van der Waals surface area contributed by atoms with E-state index in [1.54, 1.807) is 0 Å². The fraction of sp³-hybridized carbons (Fsp3) is 0.100. The molecule has 0 atom stereocenters. The summed E-state index contributed by atoms with van der Waals surface area (Å²) in [5, 5.41) is 11.8. The second kappa shape index (κ2) is 5.65. The number of hydrogen-bond acceptors (Lipinski definition) is 4. The first-order valence-electron chi connectivity index (χ1n) is 4.72. The maximum Gasteiger partial charge on any atom is 0.317 e. The van der Waals surface area contributed by atoms with Gasteiger partial charge in [0.1, 0.15) is 10.7 Å². The molecule has 6 N–H and O–H groups in total. The van der Waals surface area contributed by atoms with Crippen molar-refractivity contribution >= 4 is 40.7 Å². The van der Waals surface area contributed by atoms with Crippen molar-refractivity contribution in [1.29, 1.82) is 0 Å². The van der Waals surface area contributed by atoms with Crippen LogP contribution in [0.5, 0.6) is 5.75 Å². The normalized spacial score (nSPS) is 9.83. The number of primary amides is 2. The molecule has 3 amide bonds. The number of aromatic hydroxyl groups is 1. The number of phenols is 1. The summed E-state index contributed by atoms with van der Waals surface area (Å²) < 4.78 is 0. The van der Waals surface area contributed by atoms with Crippen LogP contribution >= 0.6 is 23.8 Å². The van der Waals surface area contributed by atoms with Gasteiger partial charge in [-0.15, -0.1) is 0 Å². The van der Waals surface area contributed by atoms with Crippen LogP contribution in [0.15, 0.2) is 12.1 Å². The molecule has 1 aromatic rings. The quantitative estimate of drug-likeness (QED) is 0.602. The number of phenolic OH excluding ortho intramolecular Hbond substituents is 1. The maximum atomic E-state index is 10.8. The summed E-state index contributed by atoms with van der Waals surface area (Å²) in [6.07, 6.45) is -0.106. The Morgan fingerprint density at radius 1 is 1.39 bits per heavy atom. The smallest absolute Gasteiger partial charge is 0.317 e. The minimum Gasteiger partial charge on any atom is -0.507 e. The van der Waals surface area contributed by atoms with Gasteiger partial charge in [0.05, 0.1) is 17.0 Å². The van der Waals surface area contributed by atoms with Crippen molar-refractivity contribution in [2.45, 2.75) is 6.42 Å². The van der Waals surface area contributed by atoms with Crippen molar-refractivity contribution in [3.8, 4) is 5.75 Å². The minimum absolute atomic E-state index is 0.0317. The third kappa shape index (κ3) is 3.31. The Balaban J connectivity index is 3.21. The number of carbonyl (C=O) groups excluding carboxylic acids is 2. The van der Waals surface area contributed by atoms with Gasteiger partial charge in [-0.3, -0.25) is 10.1 Å². The molecule has 18 heavy (non-hydrogen) atoms. The minimum atomic E-state index is -0.879. The van der Waals surface area contributed by atoms with Crippen molar-refractivity contribution in [3.05, 3.63) is 28.3 Å². The largest absolute Gasteiger partial charge is 0.507 e. The molecule has 0 spiro atoms. The third-order valence-electron chi connectivity index (χ3n) is 2.03. The Kier molecular flexibility index (Phi) is 4.46. The summed E-state index contributed by atoms with van der Waals surface area (Å²) in [6, 6.07) is 1.86. The number of nitrogens with two attached hydrogens (primary N) is 2. The lowest BCUT2D eigenvalue weighted by Crippen LogP contribution is -2.34. The highest BCUT2D eigenvalue weighted by molar-refractivity contribution is 7.80. The third-order valence-corrected chi connectivity index (χ3v) is 2.77. The molecule has 0 radical (unpaired) electrons. The molecule has 1 aromatic carbocycles. The molecule has 0 heterocycles. The highest BCUT2D eigenvalue weighted by atomic mass is 35.5. The fourth-order valence-corrected chi connectivity index (χ4v) is 2.01. The molecule has 0 aromatic heterocycles. The number of amides is 3. The van der Waals surface area contributed by atoms with Gasteiger partial charge in [0.15, 0.2) is 0 Å². The topological polar surface area (TPSA) is 118 Å². The monoisotopic (exact) mass is 287 g/mol. The zero-order valence-electron chi connectivity index (χ0n) is 9.07. The number of nitrogens with one attached hydrogen (secondary N) is 1. The van der Waals surface area contributed by atoms with Crippen LogP contribution in [0.1, 0.15) is 11.1 Å². The van der Waals surface area contributed by atoms with Gasteiger partial charge in [-0.25, -0.2) is 4.79 Å². The maximum absolute atomic E-state index is 10.8. The highest BCUT2D eigenvalue weighted by Crippen LogP contribution is 2.29. The van der Waals surface area contributed by atoms with E-state index < -0.39 is 11.9 Å². The van der Waals surface area contributed by atoms with Gasteiger partial charge in [-0.1, -0.05) is 29.9 Å². The molecule has 0 fully saturated rings. The van der Waals surface area contributed by atoms with E-state index in [0.717, 1.165) is 0 Å².